The van der Waals surface area contributed by atoms with Crippen molar-refractivity contribution in [2.75, 3.05) is 32.6 Å². The van der Waals surface area contributed by atoms with Gasteiger partial charge in [-0.1, -0.05) is 17.3 Å². The Balaban J connectivity index is 1.56. The molecule has 7 nitrogen and oxygen atoms in total. The van der Waals surface area contributed by atoms with Crippen LogP contribution in [0.1, 0.15) is 23.9 Å². The number of amides is 1. The molecule has 0 unspecified atom stereocenters. The van der Waals surface area contributed by atoms with E-state index in [4.69, 9.17) is 9.26 Å². The molecular weight excluding hydrogens is 332 g/mol. The summed E-state index contributed by atoms with van der Waals surface area (Å²) in [6, 6.07) is 9.86. The molecule has 0 bridgehead atoms. The molecule has 0 atom stereocenters. The van der Waals surface area contributed by atoms with Gasteiger partial charge in [-0.25, -0.2) is 0 Å². The maximum atomic E-state index is 11.1. The van der Waals surface area contributed by atoms with E-state index < -0.39 is 0 Å². The Kier molecular flexibility index (Phi) is 5.70. The highest BCUT2D eigenvalue weighted by molar-refractivity contribution is 5.88. The van der Waals surface area contributed by atoms with Gasteiger partial charge in [-0.15, -0.1) is 0 Å². The van der Waals surface area contributed by atoms with Crippen molar-refractivity contribution < 1.29 is 14.1 Å². The first kappa shape index (κ1) is 18.6. The Morgan fingerprint density at radius 3 is 2.58 bits per heavy atom. The van der Waals surface area contributed by atoms with Gasteiger partial charge in [0.05, 0.1) is 31.0 Å². The molecule has 7 heteroatoms. The van der Waals surface area contributed by atoms with Gasteiger partial charge in [0.2, 0.25) is 5.91 Å². The van der Waals surface area contributed by atoms with E-state index in [2.05, 4.69) is 20.7 Å². The summed E-state index contributed by atoms with van der Waals surface area (Å²) in [4.78, 5) is 13.1. The van der Waals surface area contributed by atoms with Crippen LogP contribution in [0.3, 0.4) is 0 Å². The number of carbonyl (C=O) groups is 1. The van der Waals surface area contributed by atoms with Crippen LogP contribution >= 0.6 is 0 Å². The maximum absolute atomic E-state index is 11.1. The van der Waals surface area contributed by atoms with E-state index in [0.717, 1.165) is 42.2 Å². The molecule has 2 N–H and O–H groups in total. The summed E-state index contributed by atoms with van der Waals surface area (Å²) >= 11 is 0. The van der Waals surface area contributed by atoms with E-state index in [1.807, 2.05) is 44.4 Å². The largest absolute Gasteiger partial charge is 0.377 e. The highest BCUT2D eigenvalue weighted by atomic mass is 16.5. The van der Waals surface area contributed by atoms with E-state index >= 15 is 0 Å². The predicted molar refractivity (Wildman–Crippen MR) is 98.7 cm³/mol. The maximum Gasteiger partial charge on any atom is 0.221 e. The molecule has 0 radical (unpaired) electrons. The predicted octanol–water partition coefficient (Wildman–Crippen LogP) is 1.80. The number of carbonyl (C=O) groups excluding carboxylic acids is 1. The van der Waals surface area contributed by atoms with Crippen molar-refractivity contribution in [2.24, 2.45) is 0 Å². The molecule has 1 amide bonds. The Morgan fingerprint density at radius 2 is 2.00 bits per heavy atom. The van der Waals surface area contributed by atoms with Crippen molar-refractivity contribution in [3.05, 3.63) is 47.3 Å². The number of nitrogens with zero attached hydrogens (tertiary/aromatic N) is 2. The second-order valence-electron chi connectivity index (χ2n) is 7.20. The first-order chi connectivity index (χ1) is 12.4. The molecule has 2 heterocycles. The molecule has 26 heavy (non-hydrogen) atoms. The second-order valence-corrected chi connectivity index (χ2v) is 7.20. The zero-order valence-electron chi connectivity index (χ0n) is 15.5. The zero-order valence-corrected chi connectivity index (χ0v) is 15.5. The molecular formula is C19H26N4O3. The average molecular weight is 358 g/mol. The van der Waals surface area contributed by atoms with Gasteiger partial charge < -0.3 is 24.8 Å². The van der Waals surface area contributed by atoms with Gasteiger partial charge in [0.1, 0.15) is 0 Å². The molecule has 1 fully saturated rings. The minimum Gasteiger partial charge on any atom is -0.377 e. The van der Waals surface area contributed by atoms with Crippen LogP contribution < -0.4 is 10.6 Å². The normalized spacial score (nSPS) is 15.7. The third kappa shape index (κ3) is 4.91. The second kappa shape index (κ2) is 7.99. The van der Waals surface area contributed by atoms with E-state index in [9.17, 15) is 4.79 Å². The van der Waals surface area contributed by atoms with Crippen molar-refractivity contribution in [3.63, 3.8) is 0 Å². The van der Waals surface area contributed by atoms with Crippen LogP contribution in [-0.2, 0) is 29.0 Å². The topological polar surface area (TPSA) is 79.6 Å². The molecule has 3 rings (SSSR count). The Labute approximate surface area is 153 Å². The molecule has 1 aliphatic rings. The number of ether oxygens (including phenoxy) is 1. The molecule has 1 aliphatic heterocycles. The van der Waals surface area contributed by atoms with Gasteiger partial charge in [0.15, 0.2) is 5.76 Å². The van der Waals surface area contributed by atoms with E-state index in [0.29, 0.717) is 13.2 Å². The number of hydrogen-bond acceptors (Lipinski definition) is 6. The van der Waals surface area contributed by atoms with Crippen LogP contribution in [0.15, 0.2) is 34.9 Å². The molecule has 0 aliphatic carbocycles. The number of rotatable bonds is 8. The van der Waals surface area contributed by atoms with E-state index in [1.165, 1.54) is 6.92 Å². The number of aromatic nitrogens is 1. The summed E-state index contributed by atoms with van der Waals surface area (Å²) in [6.45, 7) is 4.29. The highest BCUT2D eigenvalue weighted by Crippen LogP contribution is 2.23. The quantitative estimate of drug-likeness (QED) is 0.749. The highest BCUT2D eigenvalue weighted by Gasteiger charge is 2.39. The fourth-order valence-corrected chi connectivity index (χ4v) is 2.99. The summed E-state index contributed by atoms with van der Waals surface area (Å²) in [6.07, 6.45) is 0.772. The lowest BCUT2D eigenvalue weighted by atomic mass is 9.91. The molecule has 2 aromatic rings. The van der Waals surface area contributed by atoms with Gasteiger partial charge in [-0.05, 0) is 31.8 Å². The van der Waals surface area contributed by atoms with Crippen molar-refractivity contribution in [2.45, 2.75) is 32.0 Å². The van der Waals surface area contributed by atoms with E-state index in [1.54, 1.807) is 0 Å². The van der Waals surface area contributed by atoms with Crippen molar-refractivity contribution in [3.8, 4) is 0 Å². The van der Waals surface area contributed by atoms with Crippen LogP contribution in [0, 0.1) is 0 Å². The van der Waals surface area contributed by atoms with Crippen molar-refractivity contribution >= 4 is 11.6 Å². The van der Waals surface area contributed by atoms with Gasteiger partial charge in [0.25, 0.3) is 0 Å². The lowest BCUT2D eigenvalue weighted by Crippen LogP contribution is -2.61. The molecule has 0 spiro atoms. The van der Waals surface area contributed by atoms with Crippen LogP contribution in [0.25, 0.3) is 0 Å². The van der Waals surface area contributed by atoms with Crippen LogP contribution in [-0.4, -0.2) is 48.8 Å². The van der Waals surface area contributed by atoms with Crippen LogP contribution in [0.4, 0.5) is 5.69 Å². The molecule has 1 saturated heterocycles. The average Bonchev–Trinajstić information content (AvgIpc) is 2.97. The third-order valence-electron chi connectivity index (χ3n) is 4.30. The smallest absolute Gasteiger partial charge is 0.221 e. The first-order valence-electron chi connectivity index (χ1n) is 8.73. The van der Waals surface area contributed by atoms with Gasteiger partial charge in [-0.2, -0.15) is 0 Å². The number of nitrogens with one attached hydrogen (secondary N) is 2. The lowest BCUT2D eigenvalue weighted by Gasteiger charge is -2.42. The Bertz CT molecular complexity index is 735. The van der Waals surface area contributed by atoms with Gasteiger partial charge in [-0.3, -0.25) is 4.79 Å². The van der Waals surface area contributed by atoms with Crippen LogP contribution in [0.2, 0.25) is 0 Å². The summed E-state index contributed by atoms with van der Waals surface area (Å²) in [5.74, 6) is 0.802. The standard InChI is InChI=1S/C19H26N4O3/c1-14(24)21-16-6-4-15(5-7-16)10-20-19(12-25-13-19)9-17-8-18(26-22-17)11-23(2)3/h4-8,20H,9-13H2,1-3H3,(H,21,24). The molecule has 140 valence electrons. The SMILES string of the molecule is CC(=O)Nc1ccc(CNC2(Cc3cc(CN(C)C)on3)COC2)cc1. The summed E-state index contributed by atoms with van der Waals surface area (Å²) in [7, 11) is 4.00. The van der Waals surface area contributed by atoms with Crippen LogP contribution in [0.5, 0.6) is 0 Å². The minimum atomic E-state index is -0.109. The Morgan fingerprint density at radius 1 is 1.27 bits per heavy atom. The number of anilines is 1. The summed E-state index contributed by atoms with van der Waals surface area (Å²) < 4.78 is 10.9. The molecule has 0 saturated carbocycles. The molecule has 1 aromatic heterocycles. The van der Waals surface area contributed by atoms with Gasteiger partial charge in [0, 0.05) is 31.6 Å². The van der Waals surface area contributed by atoms with Crippen molar-refractivity contribution in [1.29, 1.82) is 0 Å². The monoisotopic (exact) mass is 358 g/mol. The number of hydrogen-bond donors (Lipinski definition) is 2. The summed E-state index contributed by atoms with van der Waals surface area (Å²) in [5.41, 5.74) is 2.79. The van der Waals surface area contributed by atoms with Crippen molar-refractivity contribution in [1.82, 2.24) is 15.4 Å². The lowest BCUT2D eigenvalue weighted by molar-refractivity contribution is -0.114. The Hall–Kier alpha value is -2.22. The fraction of sp³-hybridized carbons (Fsp3) is 0.474. The number of benzene rings is 1. The third-order valence-corrected chi connectivity index (χ3v) is 4.30. The first-order valence-corrected chi connectivity index (χ1v) is 8.73. The molecule has 1 aromatic carbocycles. The zero-order chi connectivity index (χ0) is 18.6. The van der Waals surface area contributed by atoms with E-state index in [-0.39, 0.29) is 11.4 Å². The minimum absolute atomic E-state index is 0.0670. The summed E-state index contributed by atoms with van der Waals surface area (Å²) in [5, 5.41) is 10.6. The van der Waals surface area contributed by atoms with Gasteiger partial charge >= 0.3 is 0 Å². The fourth-order valence-electron chi connectivity index (χ4n) is 2.99.